The van der Waals surface area contributed by atoms with Crippen LogP contribution in [0.15, 0.2) is 0 Å². The van der Waals surface area contributed by atoms with Crippen LogP contribution >= 0.6 is 0 Å². The summed E-state index contributed by atoms with van der Waals surface area (Å²) >= 11 is 0. The molecule has 0 amide bonds. The van der Waals surface area contributed by atoms with Crippen molar-refractivity contribution in [2.75, 3.05) is 26.3 Å². The molecule has 0 heterocycles. The molecule has 0 aliphatic heterocycles. The zero-order chi connectivity index (χ0) is 9.07. The lowest BCUT2D eigenvalue weighted by Crippen LogP contribution is -2.19. The van der Waals surface area contributed by atoms with Gasteiger partial charge in [0.25, 0.3) is 0 Å². The van der Waals surface area contributed by atoms with Gasteiger partial charge in [0.15, 0.2) is 0 Å². The van der Waals surface area contributed by atoms with Crippen LogP contribution in [-0.4, -0.2) is 26.3 Å². The van der Waals surface area contributed by atoms with Gasteiger partial charge in [-0.3, -0.25) is 0 Å². The van der Waals surface area contributed by atoms with Crippen LogP contribution in [0.4, 0.5) is 0 Å². The highest BCUT2D eigenvalue weighted by atomic mass is 16.5. The summed E-state index contributed by atoms with van der Waals surface area (Å²) in [4.78, 5) is 0. The first-order valence-electron chi connectivity index (χ1n) is 4.63. The highest BCUT2D eigenvalue weighted by molar-refractivity contribution is 4.86. The van der Waals surface area contributed by atoms with E-state index >= 15 is 0 Å². The molecule has 0 aliphatic rings. The summed E-state index contributed by atoms with van der Waals surface area (Å²) in [5, 5.41) is 3.06. The quantitative estimate of drug-likeness (QED) is 0.438. The average Bonchev–Trinajstić information content (AvgIpc) is 2.10. The van der Waals surface area contributed by atoms with E-state index in [1.807, 2.05) is 0 Å². The third kappa shape index (κ3) is 9.48. The summed E-state index contributed by atoms with van der Waals surface area (Å²) in [6.45, 7) is 5.33. The molecule has 2 nitrogen and oxygen atoms in total. The first-order valence-corrected chi connectivity index (χ1v) is 4.63. The van der Waals surface area contributed by atoms with Crippen molar-refractivity contribution in [3.63, 3.8) is 0 Å². The van der Waals surface area contributed by atoms with Crippen LogP contribution in [-0.2, 0) is 4.74 Å². The minimum absolute atomic E-state index is 0.637. The van der Waals surface area contributed by atoms with Crippen LogP contribution in [0.3, 0.4) is 0 Å². The Bertz CT molecular complexity index is 117. The number of rotatable bonds is 8. The van der Waals surface area contributed by atoms with Crippen molar-refractivity contribution in [3.8, 4) is 12.3 Å². The predicted octanol–water partition coefficient (Wildman–Crippen LogP) is 1.42. The maximum absolute atomic E-state index is 5.35. The zero-order valence-corrected chi connectivity index (χ0v) is 7.94. The van der Waals surface area contributed by atoms with Gasteiger partial charge in [0, 0.05) is 13.2 Å². The van der Waals surface area contributed by atoms with E-state index in [0.717, 1.165) is 19.8 Å². The molecular formula is C10H19NO. The third-order valence-electron chi connectivity index (χ3n) is 1.54. The first-order chi connectivity index (χ1) is 5.91. The Hall–Kier alpha value is -0.520. The van der Waals surface area contributed by atoms with Gasteiger partial charge < -0.3 is 10.1 Å². The number of hydrogen-bond donors (Lipinski definition) is 1. The van der Waals surface area contributed by atoms with Crippen molar-refractivity contribution >= 4 is 0 Å². The van der Waals surface area contributed by atoms with Crippen molar-refractivity contribution in [2.45, 2.75) is 26.2 Å². The fourth-order valence-electron chi connectivity index (χ4n) is 0.861. The molecule has 70 valence electrons. The van der Waals surface area contributed by atoms with Gasteiger partial charge in [-0.2, -0.15) is 0 Å². The van der Waals surface area contributed by atoms with E-state index in [9.17, 15) is 0 Å². The molecular weight excluding hydrogens is 150 g/mol. The monoisotopic (exact) mass is 169 g/mol. The summed E-state index contributed by atoms with van der Waals surface area (Å²) in [5.41, 5.74) is 0. The van der Waals surface area contributed by atoms with Gasteiger partial charge in [-0.05, 0) is 6.42 Å². The van der Waals surface area contributed by atoms with Gasteiger partial charge >= 0.3 is 0 Å². The molecule has 0 saturated heterocycles. The van der Waals surface area contributed by atoms with Crippen LogP contribution in [0.25, 0.3) is 0 Å². The molecule has 0 aromatic heterocycles. The van der Waals surface area contributed by atoms with Gasteiger partial charge in [-0.15, -0.1) is 6.42 Å². The van der Waals surface area contributed by atoms with Crippen LogP contribution in [0, 0.1) is 12.3 Å². The largest absolute Gasteiger partial charge is 0.380 e. The Balaban J connectivity index is 2.78. The van der Waals surface area contributed by atoms with E-state index in [4.69, 9.17) is 11.2 Å². The molecule has 0 aromatic carbocycles. The van der Waals surface area contributed by atoms with E-state index in [0.29, 0.717) is 6.54 Å². The second-order valence-corrected chi connectivity index (χ2v) is 2.70. The molecule has 0 saturated carbocycles. The first kappa shape index (κ1) is 11.5. The SMILES string of the molecule is C#CCNCCOCCCCC. The Labute approximate surface area is 75.7 Å². The number of terminal acetylenes is 1. The maximum Gasteiger partial charge on any atom is 0.0591 e. The molecule has 0 fully saturated rings. The lowest BCUT2D eigenvalue weighted by molar-refractivity contribution is 0.133. The Morgan fingerprint density at radius 3 is 2.83 bits per heavy atom. The van der Waals surface area contributed by atoms with Crippen molar-refractivity contribution in [2.24, 2.45) is 0 Å². The summed E-state index contributed by atoms with van der Waals surface area (Å²) < 4.78 is 5.35. The van der Waals surface area contributed by atoms with Gasteiger partial charge in [0.05, 0.1) is 13.2 Å². The molecule has 0 bridgehead atoms. The lowest BCUT2D eigenvalue weighted by Gasteiger charge is -2.03. The van der Waals surface area contributed by atoms with Crippen LogP contribution < -0.4 is 5.32 Å². The summed E-state index contributed by atoms with van der Waals surface area (Å²) in [6, 6.07) is 0. The number of nitrogens with one attached hydrogen (secondary N) is 1. The summed E-state index contributed by atoms with van der Waals surface area (Å²) in [5.74, 6) is 2.51. The van der Waals surface area contributed by atoms with E-state index in [1.165, 1.54) is 19.3 Å². The Morgan fingerprint density at radius 1 is 1.33 bits per heavy atom. The standard InChI is InChI=1S/C10H19NO/c1-3-5-6-9-12-10-8-11-7-4-2/h2,11H,3,5-10H2,1H3. The Kier molecular flexibility index (Phi) is 10.0. The molecule has 0 aromatic rings. The molecule has 0 rings (SSSR count). The van der Waals surface area contributed by atoms with Crippen molar-refractivity contribution < 1.29 is 4.74 Å². The second-order valence-electron chi connectivity index (χ2n) is 2.70. The van der Waals surface area contributed by atoms with Crippen LogP contribution in [0.5, 0.6) is 0 Å². The van der Waals surface area contributed by atoms with Crippen molar-refractivity contribution in [3.05, 3.63) is 0 Å². The topological polar surface area (TPSA) is 21.3 Å². The van der Waals surface area contributed by atoms with E-state index in [-0.39, 0.29) is 0 Å². The summed E-state index contributed by atoms with van der Waals surface area (Å²) in [7, 11) is 0. The van der Waals surface area contributed by atoms with Gasteiger partial charge in [-0.1, -0.05) is 25.7 Å². The number of unbranched alkanes of at least 4 members (excludes halogenated alkanes) is 2. The molecule has 2 heteroatoms. The average molecular weight is 169 g/mol. The van der Waals surface area contributed by atoms with Crippen molar-refractivity contribution in [1.29, 1.82) is 0 Å². The van der Waals surface area contributed by atoms with Gasteiger partial charge in [0.2, 0.25) is 0 Å². The lowest BCUT2D eigenvalue weighted by atomic mass is 10.3. The Morgan fingerprint density at radius 2 is 2.17 bits per heavy atom. The highest BCUT2D eigenvalue weighted by Gasteiger charge is 1.87. The maximum atomic E-state index is 5.35. The van der Waals surface area contributed by atoms with E-state index in [1.54, 1.807) is 0 Å². The van der Waals surface area contributed by atoms with Crippen LogP contribution in [0.2, 0.25) is 0 Å². The smallest absolute Gasteiger partial charge is 0.0591 e. The zero-order valence-electron chi connectivity index (χ0n) is 7.94. The molecule has 0 atom stereocenters. The van der Waals surface area contributed by atoms with Gasteiger partial charge in [-0.25, -0.2) is 0 Å². The molecule has 0 aliphatic carbocycles. The second kappa shape index (κ2) is 10.5. The normalized spacial score (nSPS) is 9.67. The molecule has 0 spiro atoms. The molecule has 12 heavy (non-hydrogen) atoms. The minimum atomic E-state index is 0.637. The predicted molar refractivity (Wildman–Crippen MR) is 52.0 cm³/mol. The van der Waals surface area contributed by atoms with E-state index < -0.39 is 0 Å². The minimum Gasteiger partial charge on any atom is -0.380 e. The van der Waals surface area contributed by atoms with E-state index in [2.05, 4.69) is 18.2 Å². The molecule has 0 radical (unpaired) electrons. The van der Waals surface area contributed by atoms with Gasteiger partial charge in [0.1, 0.15) is 0 Å². The molecule has 0 unspecified atom stereocenters. The highest BCUT2D eigenvalue weighted by Crippen LogP contribution is 1.93. The fourth-order valence-corrected chi connectivity index (χ4v) is 0.861. The summed E-state index contributed by atoms with van der Waals surface area (Å²) in [6.07, 6.45) is 8.74. The van der Waals surface area contributed by atoms with Crippen molar-refractivity contribution in [1.82, 2.24) is 5.32 Å². The molecule has 1 N–H and O–H groups in total. The van der Waals surface area contributed by atoms with Crippen LogP contribution in [0.1, 0.15) is 26.2 Å². The fraction of sp³-hybridized carbons (Fsp3) is 0.800. The third-order valence-corrected chi connectivity index (χ3v) is 1.54. The number of ether oxygens (including phenoxy) is 1. The number of hydrogen-bond acceptors (Lipinski definition) is 2.